The van der Waals surface area contributed by atoms with E-state index in [-0.39, 0.29) is 5.75 Å². The van der Waals surface area contributed by atoms with Crippen molar-refractivity contribution in [3.8, 4) is 34.3 Å². The van der Waals surface area contributed by atoms with Crippen molar-refractivity contribution in [3.63, 3.8) is 0 Å². The van der Waals surface area contributed by atoms with Gasteiger partial charge in [-0.05, 0) is 67.6 Å². The van der Waals surface area contributed by atoms with E-state index in [2.05, 4.69) is 0 Å². The third kappa shape index (κ3) is 4.33. The Balaban J connectivity index is 1.94. The summed E-state index contributed by atoms with van der Waals surface area (Å²) in [7, 11) is 3.20. The van der Waals surface area contributed by atoms with Crippen molar-refractivity contribution in [2.75, 3.05) is 20.8 Å². The predicted octanol–water partition coefficient (Wildman–Crippen LogP) is 5.45. The van der Waals surface area contributed by atoms with Crippen LogP contribution in [-0.2, 0) is 0 Å². The number of ether oxygens (including phenoxy) is 3. The monoisotopic (exact) mass is 417 g/mol. The average Bonchev–Trinajstić information content (AvgIpc) is 2.80. The van der Waals surface area contributed by atoms with Gasteiger partial charge in [0.25, 0.3) is 0 Å². The Hall–Kier alpha value is -3.93. The van der Waals surface area contributed by atoms with Crippen LogP contribution < -0.4 is 19.6 Å². The van der Waals surface area contributed by atoms with Crippen molar-refractivity contribution in [1.29, 1.82) is 0 Å². The van der Waals surface area contributed by atoms with Crippen LogP contribution in [0, 0.1) is 0 Å². The van der Waals surface area contributed by atoms with Crippen LogP contribution in [0.1, 0.15) is 6.92 Å². The van der Waals surface area contributed by atoms with E-state index >= 15 is 0 Å². The van der Waals surface area contributed by atoms with Gasteiger partial charge in [0, 0.05) is 17.0 Å². The zero-order valence-corrected chi connectivity index (χ0v) is 17.6. The number of nitrogens with zero attached hydrogens (tertiary/aromatic N) is 1. The van der Waals surface area contributed by atoms with Gasteiger partial charge in [0.15, 0.2) is 11.5 Å². The van der Waals surface area contributed by atoms with Gasteiger partial charge in [0.05, 0.1) is 31.9 Å². The zero-order valence-electron chi connectivity index (χ0n) is 17.6. The molecule has 0 bridgehead atoms. The third-order valence-electron chi connectivity index (χ3n) is 4.79. The standard InChI is InChI=1S/C25H23NO5/c1-4-30-19-10-12-22-20(14-19)21(26-17-6-8-18(27)9-7-17)15-24(31-22)16-5-11-23(28-2)25(13-16)29-3/h5-15,27H,4H2,1-3H3. The smallest absolute Gasteiger partial charge is 0.161 e. The highest BCUT2D eigenvalue weighted by molar-refractivity contribution is 5.80. The number of phenols is 1. The van der Waals surface area contributed by atoms with E-state index in [4.69, 9.17) is 23.6 Å². The lowest BCUT2D eigenvalue weighted by Gasteiger charge is -2.11. The second-order valence-electron chi connectivity index (χ2n) is 6.78. The lowest BCUT2D eigenvalue weighted by atomic mass is 10.1. The minimum absolute atomic E-state index is 0.191. The number of rotatable bonds is 6. The van der Waals surface area contributed by atoms with Crippen LogP contribution in [0.25, 0.3) is 22.3 Å². The maximum absolute atomic E-state index is 9.58. The van der Waals surface area contributed by atoms with Crippen LogP contribution in [0.2, 0.25) is 0 Å². The van der Waals surface area contributed by atoms with Crippen molar-refractivity contribution in [3.05, 3.63) is 72.1 Å². The normalized spacial score (nSPS) is 11.5. The van der Waals surface area contributed by atoms with Crippen LogP contribution in [0.15, 0.2) is 76.1 Å². The fraction of sp³-hybridized carbons (Fsp3) is 0.160. The van der Waals surface area contributed by atoms with Crippen molar-refractivity contribution in [2.24, 2.45) is 4.99 Å². The summed E-state index contributed by atoms with van der Waals surface area (Å²) in [5.74, 6) is 2.82. The van der Waals surface area contributed by atoms with Crippen molar-refractivity contribution < 1.29 is 23.7 Å². The molecule has 0 fully saturated rings. The predicted molar refractivity (Wildman–Crippen MR) is 119 cm³/mol. The highest BCUT2D eigenvalue weighted by Gasteiger charge is 2.11. The zero-order chi connectivity index (χ0) is 21.8. The number of benzene rings is 3. The molecule has 1 aromatic heterocycles. The molecule has 1 N–H and O–H groups in total. The Morgan fingerprint density at radius 1 is 0.871 bits per heavy atom. The van der Waals surface area contributed by atoms with Crippen LogP contribution in [0.4, 0.5) is 5.69 Å². The fourth-order valence-corrected chi connectivity index (χ4v) is 3.30. The molecule has 0 aliphatic heterocycles. The van der Waals surface area contributed by atoms with Crippen LogP contribution in [0.5, 0.6) is 23.0 Å². The third-order valence-corrected chi connectivity index (χ3v) is 4.79. The summed E-state index contributed by atoms with van der Waals surface area (Å²) in [5.41, 5.74) is 2.22. The van der Waals surface area contributed by atoms with Crippen LogP contribution in [-0.4, -0.2) is 25.9 Å². The van der Waals surface area contributed by atoms with Gasteiger partial charge in [-0.3, -0.25) is 0 Å². The SMILES string of the molecule is CCOc1ccc2oc(-c3ccc(OC)c(OC)c3)cc(=Nc3ccc(O)cc3)c2c1. The first-order valence-electron chi connectivity index (χ1n) is 9.88. The first-order chi connectivity index (χ1) is 15.1. The Kier molecular flexibility index (Phi) is 5.80. The van der Waals surface area contributed by atoms with Gasteiger partial charge in [0.1, 0.15) is 22.8 Å². The molecule has 0 atom stereocenters. The molecule has 0 aliphatic carbocycles. The minimum Gasteiger partial charge on any atom is -0.508 e. The molecule has 0 spiro atoms. The maximum atomic E-state index is 9.58. The number of methoxy groups -OCH3 is 2. The average molecular weight is 417 g/mol. The van der Waals surface area contributed by atoms with Crippen molar-refractivity contribution in [2.45, 2.75) is 6.92 Å². The number of hydrogen-bond acceptors (Lipinski definition) is 6. The Bertz CT molecular complexity index is 1280. The molecule has 0 amide bonds. The largest absolute Gasteiger partial charge is 0.508 e. The molecule has 0 unspecified atom stereocenters. The van der Waals surface area contributed by atoms with Crippen LogP contribution in [0.3, 0.4) is 0 Å². The first kappa shape index (κ1) is 20.3. The molecule has 4 aromatic rings. The summed E-state index contributed by atoms with van der Waals surface area (Å²) in [6.45, 7) is 2.51. The lowest BCUT2D eigenvalue weighted by molar-refractivity contribution is 0.340. The Labute approximate surface area is 180 Å². The summed E-state index contributed by atoms with van der Waals surface area (Å²) in [6, 6.07) is 19.9. The molecular formula is C25H23NO5. The van der Waals surface area contributed by atoms with Gasteiger partial charge in [0.2, 0.25) is 0 Å². The maximum Gasteiger partial charge on any atom is 0.161 e. The molecule has 0 saturated carbocycles. The van der Waals surface area contributed by atoms with Gasteiger partial charge in [-0.2, -0.15) is 0 Å². The van der Waals surface area contributed by atoms with E-state index in [1.807, 2.05) is 49.4 Å². The molecule has 1 heterocycles. The van der Waals surface area contributed by atoms with Gasteiger partial charge in [-0.1, -0.05) is 0 Å². The van der Waals surface area contributed by atoms with Gasteiger partial charge < -0.3 is 23.7 Å². The molecule has 6 heteroatoms. The first-order valence-corrected chi connectivity index (χ1v) is 9.88. The second-order valence-corrected chi connectivity index (χ2v) is 6.78. The van der Waals surface area contributed by atoms with E-state index in [0.29, 0.717) is 35.1 Å². The fourth-order valence-electron chi connectivity index (χ4n) is 3.30. The van der Waals surface area contributed by atoms with E-state index in [1.54, 1.807) is 38.5 Å². The van der Waals surface area contributed by atoms with Crippen molar-refractivity contribution in [1.82, 2.24) is 0 Å². The highest BCUT2D eigenvalue weighted by Crippen LogP contribution is 2.33. The lowest BCUT2D eigenvalue weighted by Crippen LogP contribution is -2.04. The Morgan fingerprint density at radius 2 is 1.65 bits per heavy atom. The number of fused-ring (bicyclic) bond motifs is 1. The molecule has 0 radical (unpaired) electrons. The minimum atomic E-state index is 0.191. The number of hydrogen-bond donors (Lipinski definition) is 1. The van der Waals surface area contributed by atoms with E-state index in [9.17, 15) is 5.11 Å². The summed E-state index contributed by atoms with van der Waals surface area (Å²) in [6.07, 6.45) is 0. The molecular weight excluding hydrogens is 394 g/mol. The molecule has 158 valence electrons. The topological polar surface area (TPSA) is 73.4 Å². The van der Waals surface area contributed by atoms with E-state index in [0.717, 1.165) is 22.1 Å². The molecule has 4 rings (SSSR count). The van der Waals surface area contributed by atoms with Gasteiger partial charge in [-0.25, -0.2) is 4.99 Å². The second kappa shape index (κ2) is 8.83. The Morgan fingerprint density at radius 3 is 2.35 bits per heavy atom. The van der Waals surface area contributed by atoms with Crippen LogP contribution >= 0.6 is 0 Å². The number of phenolic OH excluding ortho intramolecular Hbond substituents is 1. The molecule has 31 heavy (non-hydrogen) atoms. The van der Waals surface area contributed by atoms with Gasteiger partial charge >= 0.3 is 0 Å². The quantitative estimate of drug-likeness (QED) is 0.451. The van der Waals surface area contributed by atoms with Crippen molar-refractivity contribution >= 4 is 16.7 Å². The summed E-state index contributed by atoms with van der Waals surface area (Å²) >= 11 is 0. The highest BCUT2D eigenvalue weighted by atomic mass is 16.5. The number of aromatic hydroxyl groups is 1. The molecule has 0 saturated heterocycles. The van der Waals surface area contributed by atoms with Gasteiger partial charge in [-0.15, -0.1) is 0 Å². The summed E-state index contributed by atoms with van der Waals surface area (Å²) < 4.78 is 22.6. The molecule has 0 aliphatic rings. The van der Waals surface area contributed by atoms with E-state index < -0.39 is 0 Å². The molecule has 6 nitrogen and oxygen atoms in total. The summed E-state index contributed by atoms with van der Waals surface area (Å²) in [4.78, 5) is 4.79. The van der Waals surface area contributed by atoms with E-state index in [1.165, 1.54) is 0 Å². The summed E-state index contributed by atoms with van der Waals surface area (Å²) in [5, 5.41) is 11.1. The molecule has 3 aromatic carbocycles.